The van der Waals surface area contributed by atoms with Crippen LogP contribution >= 0.6 is 23.5 Å². The van der Waals surface area contributed by atoms with E-state index in [2.05, 4.69) is 49.5 Å². The number of carbonyl (C=O) groups is 1. The van der Waals surface area contributed by atoms with Gasteiger partial charge in [-0.05, 0) is 45.0 Å². The highest BCUT2D eigenvalue weighted by molar-refractivity contribution is 7.99. The topological polar surface area (TPSA) is 38.3 Å². The molecule has 3 nitrogen and oxygen atoms in total. The summed E-state index contributed by atoms with van der Waals surface area (Å²) in [5.74, 6) is 1.85. The van der Waals surface area contributed by atoms with Crippen molar-refractivity contribution < 1.29 is 9.53 Å². The van der Waals surface area contributed by atoms with Gasteiger partial charge >= 0.3 is 6.09 Å². The SMILES string of the molecule is CCOC(=O)NCCSc1ccc(SCC=C(C)C)cc1. The minimum Gasteiger partial charge on any atom is -0.450 e. The molecule has 1 N–H and O–H groups in total. The van der Waals surface area contributed by atoms with Crippen LogP contribution in [0.1, 0.15) is 20.8 Å². The molecule has 0 aliphatic carbocycles. The Hall–Kier alpha value is -1.07. The Balaban J connectivity index is 2.25. The van der Waals surface area contributed by atoms with Crippen LogP contribution in [0.25, 0.3) is 0 Å². The molecule has 0 atom stereocenters. The third kappa shape index (κ3) is 8.73. The summed E-state index contributed by atoms with van der Waals surface area (Å²) in [6.07, 6.45) is 1.89. The molecule has 1 aromatic rings. The molecule has 21 heavy (non-hydrogen) atoms. The fourth-order valence-electron chi connectivity index (χ4n) is 1.44. The number of hydrogen-bond acceptors (Lipinski definition) is 4. The Labute approximate surface area is 135 Å². The first kappa shape index (κ1) is 18.0. The summed E-state index contributed by atoms with van der Waals surface area (Å²) in [5.41, 5.74) is 1.35. The molecule has 0 fully saturated rings. The van der Waals surface area contributed by atoms with Crippen LogP contribution in [-0.4, -0.2) is 30.8 Å². The zero-order valence-corrected chi connectivity index (χ0v) is 14.5. The Morgan fingerprint density at radius 3 is 2.38 bits per heavy atom. The third-order valence-corrected chi connectivity index (χ3v) is 4.43. The van der Waals surface area contributed by atoms with E-state index in [9.17, 15) is 4.79 Å². The van der Waals surface area contributed by atoms with Crippen LogP contribution in [0.3, 0.4) is 0 Å². The minimum absolute atomic E-state index is 0.343. The lowest BCUT2D eigenvalue weighted by Crippen LogP contribution is -2.26. The molecule has 0 saturated heterocycles. The highest BCUT2D eigenvalue weighted by Gasteiger charge is 2.00. The summed E-state index contributed by atoms with van der Waals surface area (Å²) in [7, 11) is 0. The first-order chi connectivity index (χ1) is 10.1. The fraction of sp³-hybridized carbons (Fsp3) is 0.438. The number of nitrogens with one attached hydrogen (secondary N) is 1. The summed E-state index contributed by atoms with van der Waals surface area (Å²) < 4.78 is 4.80. The number of thioether (sulfide) groups is 2. The zero-order valence-electron chi connectivity index (χ0n) is 12.8. The molecule has 0 bridgehead atoms. The van der Waals surface area contributed by atoms with Crippen molar-refractivity contribution in [3.05, 3.63) is 35.9 Å². The Bertz CT molecular complexity index is 454. The normalized spacial score (nSPS) is 10.0. The Kier molecular flexibility index (Phi) is 9.10. The molecule has 5 heteroatoms. The van der Waals surface area contributed by atoms with Crippen LogP contribution in [-0.2, 0) is 4.74 Å². The van der Waals surface area contributed by atoms with E-state index in [4.69, 9.17) is 4.74 Å². The molecular formula is C16H23NO2S2. The molecule has 1 amide bonds. The summed E-state index contributed by atoms with van der Waals surface area (Å²) in [5, 5.41) is 2.71. The van der Waals surface area contributed by atoms with Gasteiger partial charge in [-0.25, -0.2) is 4.79 Å². The van der Waals surface area contributed by atoms with Crippen LogP contribution in [0, 0.1) is 0 Å². The molecule has 0 aliphatic heterocycles. The molecular weight excluding hydrogens is 302 g/mol. The summed E-state index contributed by atoms with van der Waals surface area (Å²) in [6.45, 7) is 7.05. The number of amides is 1. The highest BCUT2D eigenvalue weighted by atomic mass is 32.2. The van der Waals surface area contributed by atoms with Gasteiger partial charge in [0.1, 0.15) is 0 Å². The van der Waals surface area contributed by atoms with Gasteiger partial charge in [-0.2, -0.15) is 0 Å². The van der Waals surface area contributed by atoms with Crippen molar-refractivity contribution in [1.29, 1.82) is 0 Å². The van der Waals surface area contributed by atoms with Crippen LogP contribution in [0.5, 0.6) is 0 Å². The number of rotatable bonds is 8. The van der Waals surface area contributed by atoms with Gasteiger partial charge in [-0.3, -0.25) is 0 Å². The quantitative estimate of drug-likeness (QED) is 0.431. The number of hydrogen-bond donors (Lipinski definition) is 1. The van der Waals surface area contributed by atoms with Gasteiger partial charge in [0.05, 0.1) is 6.61 Å². The van der Waals surface area contributed by atoms with Gasteiger partial charge in [0.25, 0.3) is 0 Å². The summed E-state index contributed by atoms with van der Waals surface area (Å²) in [4.78, 5) is 13.6. The van der Waals surface area contributed by atoms with Crippen molar-refractivity contribution in [2.24, 2.45) is 0 Å². The largest absolute Gasteiger partial charge is 0.450 e. The smallest absolute Gasteiger partial charge is 0.407 e. The fourth-order valence-corrected chi connectivity index (χ4v) is 3.15. The van der Waals surface area contributed by atoms with Crippen LogP contribution < -0.4 is 5.32 Å². The second-order valence-electron chi connectivity index (χ2n) is 4.56. The van der Waals surface area contributed by atoms with Crippen LogP contribution in [0.15, 0.2) is 45.7 Å². The minimum atomic E-state index is -0.343. The maximum atomic E-state index is 11.1. The molecule has 1 rings (SSSR count). The number of ether oxygens (including phenoxy) is 1. The van der Waals surface area contributed by atoms with Gasteiger partial charge in [0.2, 0.25) is 0 Å². The lowest BCUT2D eigenvalue weighted by atomic mass is 10.3. The van der Waals surface area contributed by atoms with Crippen molar-refractivity contribution in [3.63, 3.8) is 0 Å². The molecule has 0 aliphatic rings. The van der Waals surface area contributed by atoms with Crippen LogP contribution in [0.4, 0.5) is 4.79 Å². The molecule has 0 heterocycles. The van der Waals surface area contributed by atoms with Crippen molar-refractivity contribution in [3.8, 4) is 0 Å². The van der Waals surface area contributed by atoms with Crippen LogP contribution in [0.2, 0.25) is 0 Å². The number of carbonyl (C=O) groups excluding carboxylic acids is 1. The molecule has 0 saturated carbocycles. The average molecular weight is 325 g/mol. The molecule has 0 radical (unpaired) electrons. The van der Waals surface area contributed by atoms with Gasteiger partial charge in [0, 0.05) is 27.8 Å². The van der Waals surface area contributed by atoms with Crippen molar-refractivity contribution in [2.45, 2.75) is 30.6 Å². The number of allylic oxidation sites excluding steroid dienone is 1. The van der Waals surface area contributed by atoms with E-state index in [1.165, 1.54) is 15.4 Å². The maximum absolute atomic E-state index is 11.1. The van der Waals surface area contributed by atoms with Gasteiger partial charge in [0.15, 0.2) is 0 Å². The van der Waals surface area contributed by atoms with Gasteiger partial charge in [-0.15, -0.1) is 23.5 Å². The Morgan fingerprint density at radius 1 is 1.19 bits per heavy atom. The highest BCUT2D eigenvalue weighted by Crippen LogP contribution is 2.23. The molecule has 1 aromatic carbocycles. The lowest BCUT2D eigenvalue weighted by molar-refractivity contribution is 0.153. The van der Waals surface area contributed by atoms with Gasteiger partial charge < -0.3 is 10.1 Å². The van der Waals surface area contributed by atoms with E-state index >= 15 is 0 Å². The third-order valence-electron chi connectivity index (χ3n) is 2.48. The second kappa shape index (κ2) is 10.6. The predicted molar refractivity (Wildman–Crippen MR) is 92.3 cm³/mol. The van der Waals surface area contributed by atoms with Gasteiger partial charge in [-0.1, -0.05) is 11.6 Å². The first-order valence-electron chi connectivity index (χ1n) is 7.01. The van der Waals surface area contributed by atoms with E-state index in [0.29, 0.717) is 13.2 Å². The molecule has 0 aromatic heterocycles. The van der Waals surface area contributed by atoms with E-state index in [1.54, 1.807) is 18.7 Å². The monoisotopic (exact) mass is 325 g/mol. The first-order valence-corrected chi connectivity index (χ1v) is 8.98. The molecule has 0 unspecified atom stereocenters. The zero-order chi connectivity index (χ0) is 15.5. The van der Waals surface area contributed by atoms with E-state index in [1.807, 2.05) is 11.8 Å². The van der Waals surface area contributed by atoms with Crippen molar-refractivity contribution >= 4 is 29.6 Å². The molecule has 0 spiro atoms. The number of alkyl carbamates (subject to hydrolysis) is 1. The molecule has 116 valence electrons. The standard InChI is InChI=1S/C16H23NO2S2/c1-4-19-16(18)17-10-12-21-15-7-5-14(6-8-15)20-11-9-13(2)3/h5-9H,4,10-12H2,1-3H3,(H,17,18). The maximum Gasteiger partial charge on any atom is 0.407 e. The Morgan fingerprint density at radius 2 is 1.81 bits per heavy atom. The van der Waals surface area contributed by atoms with E-state index < -0.39 is 0 Å². The van der Waals surface area contributed by atoms with Crippen molar-refractivity contribution in [2.75, 3.05) is 24.7 Å². The van der Waals surface area contributed by atoms with E-state index in [-0.39, 0.29) is 6.09 Å². The summed E-state index contributed by atoms with van der Waals surface area (Å²) >= 11 is 3.56. The van der Waals surface area contributed by atoms with E-state index in [0.717, 1.165) is 11.5 Å². The lowest BCUT2D eigenvalue weighted by Gasteiger charge is -2.05. The summed E-state index contributed by atoms with van der Waals surface area (Å²) in [6, 6.07) is 8.54. The average Bonchev–Trinajstić information content (AvgIpc) is 2.45. The van der Waals surface area contributed by atoms with Crippen molar-refractivity contribution in [1.82, 2.24) is 5.32 Å². The second-order valence-corrected chi connectivity index (χ2v) is 6.82. The predicted octanol–water partition coefficient (Wildman–Crippen LogP) is 4.58. The number of benzene rings is 1.